The van der Waals surface area contributed by atoms with Crippen molar-refractivity contribution >= 4 is 49.1 Å². The first-order chi connectivity index (χ1) is 21.6. The molecule has 0 atom stereocenters. The van der Waals surface area contributed by atoms with Crippen LogP contribution in [0.25, 0.3) is 54.6 Å². The van der Waals surface area contributed by atoms with Gasteiger partial charge in [-0.2, -0.15) is 0 Å². The minimum absolute atomic E-state index is 0. The van der Waals surface area contributed by atoms with E-state index in [0.29, 0.717) is 0 Å². The van der Waals surface area contributed by atoms with Gasteiger partial charge in [-0.1, -0.05) is 65.8 Å². The van der Waals surface area contributed by atoms with E-state index in [1.807, 2.05) is 27.7 Å². The number of ketones is 1. The molecule has 6 aromatic rings. The van der Waals surface area contributed by atoms with E-state index in [-0.39, 0.29) is 43.5 Å². The van der Waals surface area contributed by atoms with Crippen molar-refractivity contribution in [1.29, 1.82) is 0 Å². The van der Waals surface area contributed by atoms with Gasteiger partial charge < -0.3 is 5.11 Å². The summed E-state index contributed by atoms with van der Waals surface area (Å²) >= 11 is 0. The largest absolute Gasteiger partial charge is 0.512 e. The third kappa shape index (κ3) is 7.01. The Bertz CT molecular complexity index is 2020. The zero-order valence-corrected chi connectivity index (χ0v) is 30.7. The molecule has 2 aromatic heterocycles. The van der Waals surface area contributed by atoms with E-state index in [4.69, 9.17) is 9.97 Å². The summed E-state index contributed by atoms with van der Waals surface area (Å²) in [4.78, 5) is 21.6. The number of allylic oxidation sites excluding steroid dienone is 2. The molecular formula is C41H45IrN2O2-. The van der Waals surface area contributed by atoms with Crippen LogP contribution in [-0.2, 0) is 24.9 Å². The van der Waals surface area contributed by atoms with Crippen molar-refractivity contribution in [3.63, 3.8) is 0 Å². The normalized spacial score (nSPS) is 11.9. The maximum absolute atomic E-state index is 11.7. The smallest absolute Gasteiger partial charge is 0.162 e. The molecule has 241 valence electrons. The number of carbonyl (C=O) groups excluding carboxylic acids is 1. The minimum atomic E-state index is 0. The number of pyridine rings is 2. The van der Waals surface area contributed by atoms with Gasteiger partial charge >= 0.3 is 0 Å². The summed E-state index contributed by atoms with van der Waals surface area (Å²) in [6, 6.07) is 23.2. The topological polar surface area (TPSA) is 63.1 Å². The molecule has 0 aliphatic rings. The van der Waals surface area contributed by atoms with E-state index < -0.39 is 0 Å². The van der Waals surface area contributed by atoms with Crippen LogP contribution in [0.1, 0.15) is 75.8 Å². The van der Waals surface area contributed by atoms with E-state index in [1.54, 1.807) is 0 Å². The van der Waals surface area contributed by atoms with E-state index in [0.717, 1.165) is 59.2 Å². The van der Waals surface area contributed by atoms with E-state index in [2.05, 4.69) is 88.4 Å². The third-order valence-corrected chi connectivity index (χ3v) is 9.10. The van der Waals surface area contributed by atoms with Crippen LogP contribution in [0.4, 0.5) is 0 Å². The molecule has 2 heterocycles. The predicted molar refractivity (Wildman–Crippen MR) is 190 cm³/mol. The summed E-state index contributed by atoms with van der Waals surface area (Å²) < 4.78 is 0. The fourth-order valence-electron chi connectivity index (χ4n) is 6.74. The monoisotopic (exact) mass is 790 g/mol. The van der Waals surface area contributed by atoms with Gasteiger partial charge in [0, 0.05) is 54.5 Å². The zero-order chi connectivity index (χ0) is 32.4. The molecule has 0 saturated carbocycles. The first-order valence-corrected chi connectivity index (χ1v) is 16.4. The van der Waals surface area contributed by atoms with Crippen LogP contribution in [0.5, 0.6) is 0 Å². The molecule has 1 N–H and O–H groups in total. The maximum Gasteiger partial charge on any atom is 0.162 e. The third-order valence-electron chi connectivity index (χ3n) is 9.10. The number of aromatic nitrogens is 2. The molecule has 4 nitrogen and oxygen atoms in total. The summed E-state index contributed by atoms with van der Waals surface area (Å²) in [6.45, 7) is 16.5. The molecule has 46 heavy (non-hydrogen) atoms. The Morgan fingerprint density at radius 1 is 0.739 bits per heavy atom. The Hall–Kier alpha value is -3.66. The molecule has 0 unspecified atom stereocenters. The summed E-state index contributed by atoms with van der Waals surface area (Å²) in [5.74, 6) is 0.547. The molecule has 0 saturated heterocycles. The Morgan fingerprint density at radius 3 is 2.00 bits per heavy atom. The number of aryl methyl sites for hydroxylation is 4. The molecule has 0 aliphatic heterocycles. The Balaban J connectivity index is 0.000000259. The molecule has 1 radical (unpaired) electrons. The molecule has 0 fully saturated rings. The average molecular weight is 790 g/mol. The van der Waals surface area contributed by atoms with Gasteiger partial charge in [-0.25, -0.2) is 0 Å². The molecule has 0 spiro atoms. The molecule has 0 bridgehead atoms. The van der Waals surface area contributed by atoms with Crippen molar-refractivity contribution in [2.75, 3.05) is 0 Å². The van der Waals surface area contributed by atoms with Crippen LogP contribution in [0.3, 0.4) is 0 Å². The Labute approximate surface area is 287 Å². The van der Waals surface area contributed by atoms with Crippen molar-refractivity contribution < 1.29 is 30.0 Å². The van der Waals surface area contributed by atoms with Crippen molar-refractivity contribution in [3.05, 3.63) is 94.9 Å². The molecule has 6 rings (SSSR count). The average Bonchev–Trinajstić information content (AvgIpc) is 3.00. The van der Waals surface area contributed by atoms with E-state index in [1.165, 1.54) is 49.5 Å². The van der Waals surface area contributed by atoms with Crippen LogP contribution in [-0.4, -0.2) is 20.9 Å². The number of benzene rings is 4. The first-order valence-electron chi connectivity index (χ1n) is 16.4. The van der Waals surface area contributed by atoms with Gasteiger partial charge in [0.25, 0.3) is 0 Å². The van der Waals surface area contributed by atoms with Gasteiger partial charge in [0.15, 0.2) is 5.78 Å². The molecule has 5 heteroatoms. The first kappa shape index (κ1) is 35.2. The second-order valence-electron chi connectivity index (χ2n) is 12.5. The van der Waals surface area contributed by atoms with Crippen LogP contribution < -0.4 is 0 Å². The molecule has 0 aliphatic carbocycles. The number of fused-ring (bicyclic) bond motifs is 2. The fraction of sp³-hybridized carbons (Fsp3) is 0.341. The van der Waals surface area contributed by atoms with Gasteiger partial charge in [0.1, 0.15) is 0 Å². The van der Waals surface area contributed by atoms with Crippen molar-refractivity contribution in [2.45, 2.75) is 81.1 Å². The van der Waals surface area contributed by atoms with Gasteiger partial charge in [-0.15, -0.1) is 34.9 Å². The number of hydrogen-bond acceptors (Lipinski definition) is 4. The number of aliphatic hydroxyl groups excluding tert-OH is 1. The number of aliphatic hydroxyl groups is 1. The second kappa shape index (κ2) is 14.8. The Morgan fingerprint density at radius 2 is 1.35 bits per heavy atom. The standard InChI is InChI=1S/C28H21N2.C13H24O2.Ir/c1-15-8-16(2)10-19(9-15)25-14-23-22-13-18(4)29-24-7-5-6-20(27(22)24)21-11-17(3)12-26(30-25)28(21)23;1-5-10(6-2)12(14)9-13(15)11(7-3)8-4;/h5-9,11-14H,1-4H3;9-11,14H,5-8H2,1-4H3;/q-1;;/b;12-9-;. The van der Waals surface area contributed by atoms with Crippen LogP contribution in [0, 0.1) is 45.6 Å². The molecule has 4 aromatic carbocycles. The van der Waals surface area contributed by atoms with Crippen LogP contribution in [0.15, 0.2) is 66.4 Å². The Kier molecular flexibility index (Phi) is 11.4. The van der Waals surface area contributed by atoms with Gasteiger partial charge in [0.2, 0.25) is 0 Å². The SMILES string of the molecule is CCC(CC)C(=O)/C=C(\O)C(CC)CC.Cc1[c-]c(-c2cc3c4cc(C)nc5cccc(c6cc(C)cc(n2)c63)c54)cc(C)c1.[Ir]. The maximum atomic E-state index is 11.7. The summed E-state index contributed by atoms with van der Waals surface area (Å²) in [7, 11) is 0. The minimum Gasteiger partial charge on any atom is -0.512 e. The van der Waals surface area contributed by atoms with Crippen LogP contribution in [0.2, 0.25) is 0 Å². The fourth-order valence-corrected chi connectivity index (χ4v) is 6.74. The van der Waals surface area contributed by atoms with Crippen molar-refractivity contribution in [1.82, 2.24) is 9.97 Å². The van der Waals surface area contributed by atoms with E-state index >= 15 is 0 Å². The quantitative estimate of drug-likeness (QED) is 0.0548. The summed E-state index contributed by atoms with van der Waals surface area (Å²) in [5, 5.41) is 17.2. The van der Waals surface area contributed by atoms with Crippen molar-refractivity contribution in [2.24, 2.45) is 11.8 Å². The number of hydrogen-bond donors (Lipinski definition) is 1. The van der Waals surface area contributed by atoms with Gasteiger partial charge in [-0.3, -0.25) is 14.8 Å². The van der Waals surface area contributed by atoms with Crippen LogP contribution >= 0.6 is 0 Å². The summed E-state index contributed by atoms with van der Waals surface area (Å²) in [6.07, 6.45) is 4.91. The van der Waals surface area contributed by atoms with Gasteiger partial charge in [-0.05, 0) is 90.5 Å². The number of nitrogens with zero attached hydrogens (tertiary/aromatic N) is 2. The predicted octanol–water partition coefficient (Wildman–Crippen LogP) is 11.1. The van der Waals surface area contributed by atoms with E-state index in [9.17, 15) is 9.90 Å². The second-order valence-corrected chi connectivity index (χ2v) is 12.5. The number of carbonyl (C=O) groups is 1. The zero-order valence-electron chi connectivity index (χ0n) is 28.3. The van der Waals surface area contributed by atoms with Crippen molar-refractivity contribution in [3.8, 4) is 11.3 Å². The molecule has 0 amide bonds. The van der Waals surface area contributed by atoms with Gasteiger partial charge in [0.05, 0.1) is 16.8 Å². The summed E-state index contributed by atoms with van der Waals surface area (Å²) in [5.41, 5.74) is 8.75. The number of rotatable bonds is 8. The molecular weight excluding hydrogens is 745 g/mol.